The molecule has 0 aliphatic heterocycles. The third-order valence-corrected chi connectivity index (χ3v) is 10.7. The first kappa shape index (κ1) is 55.6. The van der Waals surface area contributed by atoms with Gasteiger partial charge in [0.2, 0.25) is 0 Å². The van der Waals surface area contributed by atoms with E-state index in [0.717, 1.165) is 6.54 Å². The van der Waals surface area contributed by atoms with Gasteiger partial charge in [-0.3, -0.25) is 0 Å². The lowest BCUT2D eigenvalue weighted by atomic mass is 9.12. The molecular formula is C45H26BF24N. The maximum absolute atomic E-state index is 14.2. The van der Waals surface area contributed by atoms with Crippen LogP contribution in [0.2, 0.25) is 0 Å². The Morgan fingerprint density at radius 1 is 0.310 bits per heavy atom. The van der Waals surface area contributed by atoms with Crippen LogP contribution in [0.5, 0.6) is 0 Å². The van der Waals surface area contributed by atoms with Gasteiger partial charge in [-0.15, -0.1) is 0 Å². The molecule has 0 spiro atoms. The fraction of sp³-hybridized carbons (Fsp3) is 0.222. The zero-order chi connectivity index (χ0) is 53.7. The second kappa shape index (κ2) is 19.0. The predicted octanol–water partition coefficient (Wildman–Crippen LogP) is 13.5. The number of pyridine rings is 1. The monoisotopic (exact) mass is 1050 g/mol. The number of aromatic nitrogens is 1. The van der Waals surface area contributed by atoms with Crippen molar-refractivity contribution in [3.63, 3.8) is 0 Å². The summed E-state index contributed by atoms with van der Waals surface area (Å²) in [5.74, 6) is 0. The molecule has 0 aliphatic carbocycles. The zero-order valence-electron chi connectivity index (χ0n) is 34.9. The van der Waals surface area contributed by atoms with E-state index in [0.29, 0.717) is 0 Å². The summed E-state index contributed by atoms with van der Waals surface area (Å²) in [5.41, 5.74) is -27.6. The Balaban J connectivity index is 0.000000569. The number of benzene rings is 5. The highest BCUT2D eigenvalue weighted by Gasteiger charge is 2.47. The molecule has 5 aromatic carbocycles. The standard InChI is InChI=1S/C32H12BF24.C13H14N/c34-25(35,36)13-1-14(26(37,38)39)6-21(5-13)33(22-7-15(27(40,41)42)2-16(8-22)28(43,44)45,23-9-17(29(46,47)48)3-18(10-23)30(49,50)51)24-11-19(31(52,53)54)4-20(12-24)32(55,56)57;1-12-7-9-14(10-8-12)11-13-5-3-2-4-6-13/h1-12H;2-10H,11H2,1H3/q-1;+1. The summed E-state index contributed by atoms with van der Waals surface area (Å²) >= 11 is 0. The van der Waals surface area contributed by atoms with E-state index in [4.69, 9.17) is 0 Å². The maximum atomic E-state index is 14.2. The van der Waals surface area contributed by atoms with E-state index >= 15 is 0 Å². The first-order valence-electron chi connectivity index (χ1n) is 19.5. The second-order valence-electron chi connectivity index (χ2n) is 15.8. The van der Waals surface area contributed by atoms with Crippen LogP contribution in [0.15, 0.2) is 128 Å². The molecule has 0 saturated carbocycles. The maximum Gasteiger partial charge on any atom is 0.416 e. The van der Waals surface area contributed by atoms with Gasteiger partial charge >= 0.3 is 49.4 Å². The molecule has 0 aliphatic rings. The van der Waals surface area contributed by atoms with Gasteiger partial charge in [-0.25, -0.2) is 4.57 Å². The Morgan fingerprint density at radius 3 is 0.718 bits per heavy atom. The predicted molar refractivity (Wildman–Crippen MR) is 207 cm³/mol. The SMILES string of the molecule is Cc1cc[n+](Cc2ccccc2)cc1.FC(F)(F)c1cc([B-](c2cc(C(F)(F)F)cc(C(F)(F)F)c2)(c2cc(C(F)(F)F)cc(C(F)(F)F)c2)c2cc(C(F)(F)F)cc(C(F)(F)F)c2)cc(C(F)(F)F)c1. The fourth-order valence-corrected chi connectivity index (χ4v) is 7.50. The lowest BCUT2D eigenvalue weighted by molar-refractivity contribution is -0.688. The van der Waals surface area contributed by atoms with E-state index in [1.54, 1.807) is 0 Å². The van der Waals surface area contributed by atoms with Gasteiger partial charge in [-0.05, 0) is 36.8 Å². The molecule has 382 valence electrons. The topological polar surface area (TPSA) is 3.88 Å². The lowest BCUT2D eigenvalue weighted by Crippen LogP contribution is -2.75. The van der Waals surface area contributed by atoms with Gasteiger partial charge in [0, 0.05) is 17.7 Å². The third kappa shape index (κ3) is 13.1. The summed E-state index contributed by atoms with van der Waals surface area (Å²) in [6, 6.07) is 5.93. The van der Waals surface area contributed by atoms with Crippen LogP contribution in [0.1, 0.15) is 55.6 Å². The number of rotatable bonds is 6. The Kier molecular flexibility index (Phi) is 14.9. The van der Waals surface area contributed by atoms with Gasteiger partial charge in [0.05, 0.1) is 44.5 Å². The molecule has 1 nitrogen and oxygen atoms in total. The molecule has 0 saturated heterocycles. The summed E-state index contributed by atoms with van der Waals surface area (Å²) < 4.78 is 343. The van der Waals surface area contributed by atoms with Crippen molar-refractivity contribution in [2.45, 2.75) is 62.9 Å². The average molecular weight is 1050 g/mol. The number of aryl methyl sites for hydroxylation is 1. The Bertz CT molecular complexity index is 2390. The lowest BCUT2D eigenvalue weighted by Gasteiger charge is -2.46. The van der Waals surface area contributed by atoms with Crippen LogP contribution >= 0.6 is 0 Å². The van der Waals surface area contributed by atoms with Crippen LogP contribution in [-0.2, 0) is 56.0 Å². The molecule has 0 bridgehead atoms. The van der Waals surface area contributed by atoms with Crippen molar-refractivity contribution >= 4 is 28.0 Å². The minimum absolute atomic E-state index is 0.691. The van der Waals surface area contributed by atoms with E-state index < -0.39 is 195 Å². The van der Waals surface area contributed by atoms with Gasteiger partial charge in [-0.2, -0.15) is 127 Å². The van der Waals surface area contributed by atoms with E-state index in [1.165, 1.54) is 11.1 Å². The number of hydrogen-bond acceptors (Lipinski definition) is 0. The van der Waals surface area contributed by atoms with Gasteiger partial charge < -0.3 is 0 Å². The molecular weight excluding hydrogens is 1020 g/mol. The minimum atomic E-state index is -6.13. The van der Waals surface area contributed by atoms with Crippen LogP contribution in [0, 0.1) is 6.92 Å². The van der Waals surface area contributed by atoms with Gasteiger partial charge in [0.1, 0.15) is 6.15 Å². The molecule has 26 heteroatoms. The molecule has 0 atom stereocenters. The van der Waals surface area contributed by atoms with Gasteiger partial charge in [0.15, 0.2) is 18.9 Å². The van der Waals surface area contributed by atoms with Crippen molar-refractivity contribution in [3.8, 4) is 0 Å². The Hall–Kier alpha value is -6.37. The van der Waals surface area contributed by atoms with E-state index in [9.17, 15) is 105 Å². The van der Waals surface area contributed by atoms with E-state index in [-0.39, 0.29) is 0 Å². The van der Waals surface area contributed by atoms with Crippen molar-refractivity contribution in [1.82, 2.24) is 0 Å². The van der Waals surface area contributed by atoms with Crippen molar-refractivity contribution < 1.29 is 110 Å². The largest absolute Gasteiger partial charge is 0.416 e. The van der Waals surface area contributed by atoms with Crippen molar-refractivity contribution in [1.29, 1.82) is 0 Å². The molecule has 1 heterocycles. The van der Waals surface area contributed by atoms with Crippen LogP contribution < -0.4 is 26.4 Å². The Labute approximate surface area is 383 Å². The summed E-state index contributed by atoms with van der Waals surface area (Å²) in [6.07, 6.45) is -50.6. The number of hydrogen-bond donors (Lipinski definition) is 0. The van der Waals surface area contributed by atoms with Crippen LogP contribution in [0.25, 0.3) is 0 Å². The number of nitrogens with zero attached hydrogens (tertiary/aromatic N) is 1. The molecule has 71 heavy (non-hydrogen) atoms. The summed E-state index contributed by atoms with van der Waals surface area (Å²) in [7, 11) is 0. The van der Waals surface area contributed by atoms with Crippen LogP contribution in [0.3, 0.4) is 0 Å². The molecule has 6 rings (SSSR count). The number of alkyl halides is 24. The highest BCUT2D eigenvalue weighted by atomic mass is 19.4. The Morgan fingerprint density at radius 2 is 0.521 bits per heavy atom. The number of halogens is 24. The first-order chi connectivity index (χ1) is 32.1. The molecule has 6 aromatic rings. The molecule has 0 N–H and O–H groups in total. The summed E-state index contributed by atoms with van der Waals surface area (Å²) in [4.78, 5) is 0. The van der Waals surface area contributed by atoms with Crippen molar-refractivity contribution in [2.75, 3.05) is 0 Å². The quantitative estimate of drug-likeness (QED) is 0.0889. The molecule has 0 fully saturated rings. The average Bonchev–Trinajstić information content (AvgIpc) is 3.22. The molecule has 1 aromatic heterocycles. The molecule has 0 radical (unpaired) electrons. The summed E-state index contributed by atoms with van der Waals surface area (Å²) in [6.45, 7) is 3.05. The second-order valence-corrected chi connectivity index (χ2v) is 15.8. The molecule has 0 amide bonds. The van der Waals surface area contributed by atoms with E-state index in [2.05, 4.69) is 60.3 Å². The highest BCUT2D eigenvalue weighted by molar-refractivity contribution is 7.20. The van der Waals surface area contributed by atoms with Crippen LogP contribution in [0.4, 0.5) is 105 Å². The normalized spacial score (nSPS) is 13.5. The van der Waals surface area contributed by atoms with Gasteiger partial charge in [-0.1, -0.05) is 78.9 Å². The third-order valence-electron chi connectivity index (χ3n) is 10.7. The van der Waals surface area contributed by atoms with Crippen LogP contribution in [-0.4, -0.2) is 6.15 Å². The zero-order valence-corrected chi connectivity index (χ0v) is 34.9. The van der Waals surface area contributed by atoms with Crippen molar-refractivity contribution in [3.05, 3.63) is 183 Å². The first-order valence-corrected chi connectivity index (χ1v) is 19.5. The minimum Gasteiger partial charge on any atom is -0.201 e. The van der Waals surface area contributed by atoms with Crippen molar-refractivity contribution in [2.24, 2.45) is 0 Å². The van der Waals surface area contributed by atoms with Gasteiger partial charge in [0.25, 0.3) is 0 Å². The fourth-order valence-electron chi connectivity index (χ4n) is 7.50. The smallest absolute Gasteiger partial charge is 0.201 e. The van der Waals surface area contributed by atoms with E-state index in [1.807, 2.05) is 6.07 Å². The highest BCUT2D eigenvalue weighted by Crippen LogP contribution is 2.41. The summed E-state index contributed by atoms with van der Waals surface area (Å²) in [5, 5.41) is 0. The molecule has 0 unspecified atom stereocenters.